The summed E-state index contributed by atoms with van der Waals surface area (Å²) in [7, 11) is 3.16. The Hall–Kier alpha value is -2.30. The number of hydrogen-bond donors (Lipinski definition) is 0. The molecule has 2 aromatic rings. The number of methoxy groups -OCH3 is 2. The summed E-state index contributed by atoms with van der Waals surface area (Å²) in [5.74, 6) is 1.26. The second kappa shape index (κ2) is 5.77. The highest BCUT2D eigenvalue weighted by molar-refractivity contribution is 5.85. The van der Waals surface area contributed by atoms with Crippen molar-refractivity contribution in [1.29, 1.82) is 0 Å². The number of benzene rings is 1. The molecule has 20 heavy (non-hydrogen) atoms. The summed E-state index contributed by atoms with van der Waals surface area (Å²) in [4.78, 5) is 11.2. The molecule has 0 atom stereocenters. The van der Waals surface area contributed by atoms with Crippen LogP contribution in [0.25, 0.3) is 11.3 Å². The van der Waals surface area contributed by atoms with Crippen LogP contribution >= 0.6 is 0 Å². The van der Waals surface area contributed by atoms with E-state index in [-0.39, 0.29) is 6.04 Å². The van der Waals surface area contributed by atoms with E-state index in [1.807, 2.05) is 26.0 Å². The maximum absolute atomic E-state index is 11.2. The molecule has 0 unspecified atom stereocenters. The predicted octanol–water partition coefficient (Wildman–Crippen LogP) is 2.96. The standard InChI is InChI=1S/C15H18N2O3/c1-10(2)17-8-12(9-18)15(16-17)11-5-6-13(19-3)14(7-11)20-4/h5-10H,1-4H3. The Morgan fingerprint density at radius 3 is 2.45 bits per heavy atom. The van der Waals surface area contributed by atoms with Crippen molar-refractivity contribution in [1.82, 2.24) is 9.78 Å². The molecule has 0 saturated heterocycles. The molecule has 106 valence electrons. The van der Waals surface area contributed by atoms with Gasteiger partial charge in [0.15, 0.2) is 17.8 Å². The molecular weight excluding hydrogens is 256 g/mol. The van der Waals surface area contributed by atoms with Gasteiger partial charge >= 0.3 is 0 Å². The van der Waals surface area contributed by atoms with Crippen molar-refractivity contribution >= 4 is 6.29 Å². The molecule has 0 aliphatic heterocycles. The molecule has 0 N–H and O–H groups in total. The zero-order valence-electron chi connectivity index (χ0n) is 12.1. The largest absolute Gasteiger partial charge is 0.493 e. The Kier molecular flexibility index (Phi) is 4.08. The minimum Gasteiger partial charge on any atom is -0.493 e. The van der Waals surface area contributed by atoms with E-state index >= 15 is 0 Å². The molecule has 0 radical (unpaired) electrons. The molecule has 0 aliphatic rings. The molecule has 1 heterocycles. The van der Waals surface area contributed by atoms with Crippen LogP contribution in [0.3, 0.4) is 0 Å². The molecule has 0 saturated carbocycles. The summed E-state index contributed by atoms with van der Waals surface area (Å²) in [6, 6.07) is 5.68. The molecule has 0 spiro atoms. The third kappa shape index (κ3) is 2.52. The van der Waals surface area contributed by atoms with Crippen molar-refractivity contribution in [3.8, 4) is 22.8 Å². The van der Waals surface area contributed by atoms with E-state index in [2.05, 4.69) is 5.10 Å². The molecule has 0 fully saturated rings. The third-order valence-corrected chi connectivity index (χ3v) is 3.07. The molecule has 5 heteroatoms. The molecule has 1 aromatic heterocycles. The van der Waals surface area contributed by atoms with Crippen LogP contribution in [0.2, 0.25) is 0 Å². The Bertz CT molecular complexity index is 618. The van der Waals surface area contributed by atoms with Gasteiger partial charge in [-0.1, -0.05) is 0 Å². The first kappa shape index (κ1) is 14.1. The molecule has 1 aromatic carbocycles. The van der Waals surface area contributed by atoms with Gasteiger partial charge in [-0.15, -0.1) is 0 Å². The highest BCUT2D eigenvalue weighted by Crippen LogP contribution is 2.32. The maximum Gasteiger partial charge on any atom is 0.161 e. The molecule has 0 bridgehead atoms. The normalized spacial score (nSPS) is 10.7. The average Bonchev–Trinajstić information content (AvgIpc) is 2.90. The van der Waals surface area contributed by atoms with Crippen molar-refractivity contribution in [2.24, 2.45) is 0 Å². The van der Waals surface area contributed by atoms with Gasteiger partial charge in [-0.2, -0.15) is 5.10 Å². The number of carbonyl (C=O) groups is 1. The van der Waals surface area contributed by atoms with E-state index in [1.165, 1.54) is 0 Å². The van der Waals surface area contributed by atoms with Crippen LogP contribution in [-0.2, 0) is 0 Å². The van der Waals surface area contributed by atoms with Gasteiger partial charge in [-0.3, -0.25) is 9.48 Å². The lowest BCUT2D eigenvalue weighted by Crippen LogP contribution is -2.00. The minimum absolute atomic E-state index is 0.197. The van der Waals surface area contributed by atoms with Crippen LogP contribution in [-0.4, -0.2) is 30.3 Å². The first-order chi connectivity index (χ1) is 9.60. The second-order valence-electron chi connectivity index (χ2n) is 4.69. The zero-order chi connectivity index (χ0) is 14.7. The highest BCUT2D eigenvalue weighted by Gasteiger charge is 2.14. The topological polar surface area (TPSA) is 53.4 Å². The van der Waals surface area contributed by atoms with Gasteiger partial charge in [-0.05, 0) is 32.0 Å². The third-order valence-electron chi connectivity index (χ3n) is 3.07. The van der Waals surface area contributed by atoms with E-state index in [9.17, 15) is 4.79 Å². The molecule has 0 amide bonds. The monoisotopic (exact) mass is 274 g/mol. The van der Waals surface area contributed by atoms with Gasteiger partial charge < -0.3 is 9.47 Å². The Balaban J connectivity index is 2.53. The first-order valence-electron chi connectivity index (χ1n) is 6.37. The van der Waals surface area contributed by atoms with Crippen LogP contribution < -0.4 is 9.47 Å². The molecule has 5 nitrogen and oxygen atoms in total. The van der Waals surface area contributed by atoms with E-state index in [0.717, 1.165) is 11.8 Å². The lowest BCUT2D eigenvalue weighted by molar-refractivity contribution is 0.112. The van der Waals surface area contributed by atoms with Gasteiger partial charge in [0.25, 0.3) is 0 Å². The second-order valence-corrected chi connectivity index (χ2v) is 4.69. The number of aldehydes is 1. The lowest BCUT2D eigenvalue weighted by Gasteiger charge is -2.09. The fourth-order valence-corrected chi connectivity index (χ4v) is 1.96. The van der Waals surface area contributed by atoms with Crippen LogP contribution in [0, 0.1) is 0 Å². The van der Waals surface area contributed by atoms with Crippen molar-refractivity contribution < 1.29 is 14.3 Å². The summed E-state index contributed by atoms with van der Waals surface area (Å²) in [5.41, 5.74) is 2.03. The van der Waals surface area contributed by atoms with Crippen molar-refractivity contribution in [3.63, 3.8) is 0 Å². The SMILES string of the molecule is COc1ccc(-c2nn(C(C)C)cc2C=O)cc1OC. The number of carbonyl (C=O) groups excluding carboxylic acids is 1. The fourth-order valence-electron chi connectivity index (χ4n) is 1.96. The zero-order valence-corrected chi connectivity index (χ0v) is 12.1. The van der Waals surface area contributed by atoms with E-state index < -0.39 is 0 Å². The van der Waals surface area contributed by atoms with Crippen molar-refractivity contribution in [2.75, 3.05) is 14.2 Å². The summed E-state index contributed by atoms with van der Waals surface area (Å²) >= 11 is 0. The molecule has 2 rings (SSSR count). The number of rotatable bonds is 5. The van der Waals surface area contributed by atoms with Gasteiger partial charge in [0, 0.05) is 17.8 Å². The summed E-state index contributed by atoms with van der Waals surface area (Å²) in [6.07, 6.45) is 2.57. The predicted molar refractivity (Wildman–Crippen MR) is 76.5 cm³/mol. The fraction of sp³-hybridized carbons (Fsp3) is 0.333. The maximum atomic E-state index is 11.2. The summed E-state index contributed by atoms with van der Waals surface area (Å²) in [6.45, 7) is 4.03. The summed E-state index contributed by atoms with van der Waals surface area (Å²) in [5, 5.41) is 4.47. The van der Waals surface area contributed by atoms with Crippen LogP contribution in [0.4, 0.5) is 0 Å². The van der Waals surface area contributed by atoms with E-state index in [1.54, 1.807) is 31.2 Å². The number of hydrogen-bond acceptors (Lipinski definition) is 4. The van der Waals surface area contributed by atoms with Gasteiger partial charge in [0.2, 0.25) is 0 Å². The van der Waals surface area contributed by atoms with E-state index in [0.29, 0.717) is 22.8 Å². The van der Waals surface area contributed by atoms with Crippen LogP contribution in [0.15, 0.2) is 24.4 Å². The minimum atomic E-state index is 0.197. The Labute approximate surface area is 118 Å². The smallest absolute Gasteiger partial charge is 0.161 e. The average molecular weight is 274 g/mol. The van der Waals surface area contributed by atoms with Crippen LogP contribution in [0.1, 0.15) is 30.2 Å². The van der Waals surface area contributed by atoms with Crippen molar-refractivity contribution in [2.45, 2.75) is 19.9 Å². The number of ether oxygens (including phenoxy) is 2. The van der Waals surface area contributed by atoms with Crippen molar-refractivity contribution in [3.05, 3.63) is 30.0 Å². The number of aromatic nitrogens is 2. The molecule has 0 aliphatic carbocycles. The van der Waals surface area contributed by atoms with Crippen LogP contribution in [0.5, 0.6) is 11.5 Å². The highest BCUT2D eigenvalue weighted by atomic mass is 16.5. The number of nitrogens with zero attached hydrogens (tertiary/aromatic N) is 2. The molecular formula is C15H18N2O3. The van der Waals surface area contributed by atoms with Gasteiger partial charge in [-0.25, -0.2) is 0 Å². The lowest BCUT2D eigenvalue weighted by atomic mass is 10.1. The first-order valence-corrected chi connectivity index (χ1v) is 6.37. The van der Waals surface area contributed by atoms with E-state index in [4.69, 9.17) is 9.47 Å². The Morgan fingerprint density at radius 1 is 1.20 bits per heavy atom. The Morgan fingerprint density at radius 2 is 1.90 bits per heavy atom. The quantitative estimate of drug-likeness (QED) is 0.787. The summed E-state index contributed by atoms with van der Waals surface area (Å²) < 4.78 is 12.3. The van der Waals surface area contributed by atoms with Gasteiger partial charge in [0.05, 0.1) is 19.8 Å². The van der Waals surface area contributed by atoms with Gasteiger partial charge in [0.1, 0.15) is 5.69 Å².